The van der Waals surface area contributed by atoms with Crippen molar-refractivity contribution in [1.82, 2.24) is 0 Å². The normalized spacial score (nSPS) is 14.4. The molecule has 1 aromatic carbocycles. The Morgan fingerprint density at radius 3 is 1.90 bits per heavy atom. The molecule has 1 aromatic rings. The summed E-state index contributed by atoms with van der Waals surface area (Å²) in [7, 11) is 1.29. The number of hydrogen-bond acceptors (Lipinski definition) is 6. The lowest BCUT2D eigenvalue weighted by Crippen LogP contribution is -2.61. The summed E-state index contributed by atoms with van der Waals surface area (Å²) < 4.78 is 127. The average molecular weight is 468 g/mol. The molecule has 0 amide bonds. The van der Waals surface area contributed by atoms with Crippen molar-refractivity contribution in [1.29, 1.82) is 0 Å². The van der Waals surface area contributed by atoms with E-state index in [4.69, 9.17) is 4.74 Å². The summed E-state index contributed by atoms with van der Waals surface area (Å²) in [5, 5.41) is 15.4. The Labute approximate surface area is 168 Å². The van der Waals surface area contributed by atoms with Gasteiger partial charge in [-0.25, -0.2) is 4.79 Å². The van der Waals surface area contributed by atoms with E-state index >= 15 is 0 Å². The van der Waals surface area contributed by atoms with Crippen LogP contribution >= 0.6 is 0 Å². The minimum absolute atomic E-state index is 0.230. The highest BCUT2D eigenvalue weighted by Gasteiger charge is 2.83. The minimum Gasteiger partial charge on any atom is -0.504 e. The van der Waals surface area contributed by atoms with E-state index in [1.807, 2.05) is 0 Å². The van der Waals surface area contributed by atoms with Crippen LogP contribution < -0.4 is 4.74 Å². The van der Waals surface area contributed by atoms with Gasteiger partial charge in [0, 0.05) is 0 Å². The molecule has 0 aliphatic heterocycles. The van der Waals surface area contributed by atoms with Gasteiger partial charge in [-0.2, -0.15) is 44.6 Å². The fourth-order valence-electron chi connectivity index (χ4n) is 1.81. The topological polar surface area (TPSA) is 80.5 Å². The third kappa shape index (κ3) is 5.02. The van der Waals surface area contributed by atoms with Crippen molar-refractivity contribution < 1.29 is 58.9 Å². The van der Waals surface area contributed by atoms with Gasteiger partial charge in [-0.1, -0.05) is 0 Å². The van der Waals surface area contributed by atoms with Crippen molar-refractivity contribution in [2.75, 3.05) is 13.7 Å². The number of nitrogens with zero attached hydrogens (tertiary/aromatic N) is 2. The number of alkyl halides is 9. The second-order valence-electron chi connectivity index (χ2n) is 5.54. The predicted octanol–water partition coefficient (Wildman–Crippen LogP) is 5.58. The van der Waals surface area contributed by atoms with Gasteiger partial charge in [0.05, 0.1) is 19.4 Å². The number of aliphatic hydroxyl groups is 1. The van der Waals surface area contributed by atoms with Crippen molar-refractivity contribution >= 4 is 11.7 Å². The zero-order chi connectivity index (χ0) is 24.3. The third-order valence-corrected chi connectivity index (χ3v) is 3.47. The molecular weight excluding hydrogens is 455 g/mol. The SMILES string of the molecule is CCOC(=O)/C(N=Nc1ccc(OC)cc1)=C(/O)C(F)(F)C(F)(F)C(F)(F)C(F)(F)F. The van der Waals surface area contributed by atoms with E-state index < -0.39 is 48.0 Å². The quantitative estimate of drug-likeness (QED) is 0.178. The number of allylic oxidation sites excluding steroid dienone is 1. The van der Waals surface area contributed by atoms with E-state index in [9.17, 15) is 49.4 Å². The Kier molecular flexibility index (Phi) is 7.57. The van der Waals surface area contributed by atoms with Gasteiger partial charge in [-0.05, 0) is 31.2 Å². The molecule has 15 heteroatoms. The third-order valence-electron chi connectivity index (χ3n) is 3.47. The number of rotatable bonds is 8. The summed E-state index contributed by atoms with van der Waals surface area (Å²) >= 11 is 0. The summed E-state index contributed by atoms with van der Waals surface area (Å²) in [4.78, 5) is 11.7. The van der Waals surface area contributed by atoms with Crippen molar-refractivity contribution in [2.45, 2.75) is 30.9 Å². The molecule has 1 N–H and O–H groups in total. The predicted molar refractivity (Wildman–Crippen MR) is 84.7 cm³/mol. The van der Waals surface area contributed by atoms with Gasteiger partial charge >= 0.3 is 29.9 Å². The molecule has 0 aromatic heterocycles. The van der Waals surface area contributed by atoms with E-state index in [0.29, 0.717) is 0 Å². The molecule has 0 unspecified atom stereocenters. The van der Waals surface area contributed by atoms with E-state index in [-0.39, 0.29) is 11.4 Å². The summed E-state index contributed by atoms with van der Waals surface area (Å²) in [6, 6.07) is 4.75. The Morgan fingerprint density at radius 1 is 0.968 bits per heavy atom. The standard InChI is InChI=1S/C16H13F9N2O4/c1-3-31-12(29)10(27-26-8-4-6-9(30-2)7-5-8)11(28)13(17,18)14(19,20)15(21,22)16(23,24)25/h4-7,28H,3H2,1-2H3/b11-10-,27-26?. The van der Waals surface area contributed by atoms with E-state index in [0.717, 1.165) is 19.1 Å². The second-order valence-corrected chi connectivity index (χ2v) is 5.54. The van der Waals surface area contributed by atoms with Crippen LogP contribution in [0.5, 0.6) is 5.75 Å². The molecule has 0 saturated carbocycles. The van der Waals surface area contributed by atoms with Crippen LogP contribution in [0.3, 0.4) is 0 Å². The van der Waals surface area contributed by atoms with Crippen LogP contribution in [0.2, 0.25) is 0 Å². The number of hydrogen-bond donors (Lipinski definition) is 1. The number of carbonyl (C=O) groups excluding carboxylic acids is 1. The lowest BCUT2D eigenvalue weighted by molar-refractivity contribution is -0.392. The second kappa shape index (κ2) is 9.01. The molecular formula is C16H13F9N2O4. The lowest BCUT2D eigenvalue weighted by atomic mass is 10.0. The first-order valence-corrected chi connectivity index (χ1v) is 7.91. The molecule has 0 saturated heterocycles. The van der Waals surface area contributed by atoms with E-state index in [1.165, 1.54) is 19.2 Å². The molecule has 0 radical (unpaired) electrons. The van der Waals surface area contributed by atoms with Crippen LogP contribution in [0.4, 0.5) is 45.2 Å². The Bertz CT molecular complexity index is 850. The van der Waals surface area contributed by atoms with Crippen molar-refractivity contribution in [3.05, 3.63) is 35.7 Å². The number of aliphatic hydroxyl groups excluding tert-OH is 1. The van der Waals surface area contributed by atoms with Gasteiger partial charge in [-0.3, -0.25) is 0 Å². The molecule has 1 rings (SSSR count). The van der Waals surface area contributed by atoms with Gasteiger partial charge in [0.1, 0.15) is 5.75 Å². The van der Waals surface area contributed by atoms with Crippen LogP contribution in [0, 0.1) is 0 Å². The number of methoxy groups -OCH3 is 1. The maximum atomic E-state index is 13.9. The molecule has 0 heterocycles. The van der Waals surface area contributed by atoms with Gasteiger partial charge < -0.3 is 14.6 Å². The highest BCUT2D eigenvalue weighted by molar-refractivity contribution is 5.88. The average Bonchev–Trinajstić information content (AvgIpc) is 2.67. The number of carbonyl (C=O) groups is 1. The zero-order valence-electron chi connectivity index (χ0n) is 15.5. The lowest BCUT2D eigenvalue weighted by Gasteiger charge is -2.33. The zero-order valence-corrected chi connectivity index (χ0v) is 15.5. The van der Waals surface area contributed by atoms with Gasteiger partial charge in [0.25, 0.3) is 0 Å². The maximum Gasteiger partial charge on any atom is 0.460 e. The highest BCUT2D eigenvalue weighted by atomic mass is 19.4. The Hall–Kier alpha value is -3.00. The number of benzene rings is 1. The molecule has 0 atom stereocenters. The van der Waals surface area contributed by atoms with Crippen LogP contribution in [-0.2, 0) is 9.53 Å². The molecule has 0 aliphatic rings. The molecule has 31 heavy (non-hydrogen) atoms. The molecule has 0 bridgehead atoms. The summed E-state index contributed by atoms with van der Waals surface area (Å²) in [5.41, 5.74) is -2.34. The van der Waals surface area contributed by atoms with Gasteiger partial charge in [-0.15, -0.1) is 5.11 Å². The summed E-state index contributed by atoms with van der Waals surface area (Å²) in [5.74, 6) is -26.1. The fourth-order valence-corrected chi connectivity index (χ4v) is 1.81. The largest absolute Gasteiger partial charge is 0.504 e. The fraction of sp³-hybridized carbons (Fsp3) is 0.438. The van der Waals surface area contributed by atoms with Crippen LogP contribution in [0.15, 0.2) is 46.0 Å². The van der Waals surface area contributed by atoms with Crippen molar-refractivity contribution in [2.24, 2.45) is 10.2 Å². The van der Waals surface area contributed by atoms with Crippen molar-refractivity contribution in [3.63, 3.8) is 0 Å². The van der Waals surface area contributed by atoms with Gasteiger partial charge in [0.2, 0.25) is 11.5 Å². The minimum atomic E-state index is -7.29. The van der Waals surface area contributed by atoms with E-state index in [1.54, 1.807) is 0 Å². The molecule has 6 nitrogen and oxygen atoms in total. The number of halogens is 9. The number of esters is 1. The first kappa shape index (κ1) is 26.0. The summed E-state index contributed by atoms with van der Waals surface area (Å²) in [6.45, 7) is 0.520. The monoisotopic (exact) mass is 468 g/mol. The first-order chi connectivity index (χ1) is 14.0. The summed E-state index contributed by atoms with van der Waals surface area (Å²) in [6.07, 6.45) is -7.12. The van der Waals surface area contributed by atoms with Crippen LogP contribution in [-0.4, -0.2) is 48.7 Å². The van der Waals surface area contributed by atoms with Gasteiger partial charge in [0.15, 0.2) is 0 Å². The number of azo groups is 1. The Balaban J connectivity index is 3.57. The molecule has 0 spiro atoms. The number of ether oxygens (including phenoxy) is 2. The Morgan fingerprint density at radius 2 is 1.48 bits per heavy atom. The van der Waals surface area contributed by atoms with Crippen LogP contribution in [0.1, 0.15) is 6.92 Å². The van der Waals surface area contributed by atoms with Crippen molar-refractivity contribution in [3.8, 4) is 5.75 Å². The molecule has 0 fully saturated rings. The van der Waals surface area contributed by atoms with E-state index in [2.05, 4.69) is 15.0 Å². The molecule has 174 valence electrons. The first-order valence-electron chi connectivity index (χ1n) is 7.91. The smallest absolute Gasteiger partial charge is 0.460 e. The van der Waals surface area contributed by atoms with Crippen LogP contribution in [0.25, 0.3) is 0 Å². The highest BCUT2D eigenvalue weighted by Crippen LogP contribution is 2.55. The maximum absolute atomic E-state index is 13.9. The molecule has 0 aliphatic carbocycles.